The molecule has 2 heteroatoms. The van der Waals surface area contributed by atoms with Crippen LogP contribution in [0.4, 0.5) is 0 Å². The zero-order valence-electron chi connectivity index (χ0n) is 9.42. The first-order valence-electron chi connectivity index (χ1n) is 5.53. The van der Waals surface area contributed by atoms with Crippen LogP contribution in [0.5, 0.6) is 0 Å². The van der Waals surface area contributed by atoms with Crippen molar-refractivity contribution in [3.05, 3.63) is 12.7 Å². The van der Waals surface area contributed by atoms with E-state index in [0.717, 1.165) is 18.8 Å². The Labute approximate surface area is 87.3 Å². The molecule has 0 aromatic rings. The van der Waals surface area contributed by atoms with Crippen LogP contribution in [0.1, 0.15) is 46.0 Å². The molecule has 0 radical (unpaired) electrons. The highest BCUT2D eigenvalue weighted by Gasteiger charge is 2.02. The number of hydrogen-bond acceptors (Lipinski definition) is 2. The van der Waals surface area contributed by atoms with Crippen molar-refractivity contribution < 1.29 is 9.53 Å². The number of rotatable bonds is 8. The van der Waals surface area contributed by atoms with Gasteiger partial charge in [0.2, 0.25) is 0 Å². The lowest BCUT2D eigenvalue weighted by Crippen LogP contribution is -2.03. The lowest BCUT2D eigenvalue weighted by Gasteiger charge is -2.11. The normalized spacial score (nSPS) is 10.2. The van der Waals surface area contributed by atoms with Gasteiger partial charge in [-0.1, -0.05) is 39.7 Å². The summed E-state index contributed by atoms with van der Waals surface area (Å²) in [5.41, 5.74) is 0. The van der Waals surface area contributed by atoms with Crippen LogP contribution >= 0.6 is 0 Å². The first-order chi connectivity index (χ1) is 6.74. The van der Waals surface area contributed by atoms with Crippen LogP contribution in [0.2, 0.25) is 0 Å². The maximum absolute atomic E-state index is 10.7. The lowest BCUT2D eigenvalue weighted by atomic mass is 9.97. The third-order valence-corrected chi connectivity index (χ3v) is 2.57. The van der Waals surface area contributed by atoms with Crippen LogP contribution in [0.3, 0.4) is 0 Å². The van der Waals surface area contributed by atoms with E-state index in [4.69, 9.17) is 4.74 Å². The topological polar surface area (TPSA) is 26.3 Å². The van der Waals surface area contributed by atoms with Gasteiger partial charge in [-0.15, -0.1) is 0 Å². The van der Waals surface area contributed by atoms with Gasteiger partial charge in [0.1, 0.15) is 0 Å². The van der Waals surface area contributed by atoms with Gasteiger partial charge in [0.25, 0.3) is 0 Å². The molecule has 0 aromatic carbocycles. The zero-order chi connectivity index (χ0) is 10.8. The highest BCUT2D eigenvalue weighted by molar-refractivity contribution is 5.81. The van der Waals surface area contributed by atoms with E-state index in [1.165, 1.54) is 25.3 Å². The van der Waals surface area contributed by atoms with Crippen molar-refractivity contribution in [2.75, 3.05) is 6.61 Å². The van der Waals surface area contributed by atoms with Crippen LogP contribution in [0.15, 0.2) is 12.7 Å². The lowest BCUT2D eigenvalue weighted by molar-refractivity contribution is -0.137. The minimum atomic E-state index is -0.312. The predicted octanol–water partition coefficient (Wildman–Crippen LogP) is 3.32. The smallest absolute Gasteiger partial charge is 0.330 e. The summed E-state index contributed by atoms with van der Waals surface area (Å²) in [5, 5.41) is 0. The van der Waals surface area contributed by atoms with E-state index < -0.39 is 0 Å². The van der Waals surface area contributed by atoms with Gasteiger partial charge in [0, 0.05) is 6.08 Å². The van der Waals surface area contributed by atoms with Crippen molar-refractivity contribution in [3.63, 3.8) is 0 Å². The Morgan fingerprint density at radius 1 is 1.36 bits per heavy atom. The third-order valence-electron chi connectivity index (χ3n) is 2.57. The number of unbranched alkanes of at least 4 members (excludes halogenated alkanes) is 1. The fourth-order valence-corrected chi connectivity index (χ4v) is 1.46. The Hall–Kier alpha value is -0.790. The molecule has 0 heterocycles. The summed E-state index contributed by atoms with van der Waals surface area (Å²) in [6.45, 7) is 8.33. The molecule has 0 spiro atoms. The second-order valence-corrected chi connectivity index (χ2v) is 3.55. The number of esters is 1. The van der Waals surface area contributed by atoms with Gasteiger partial charge in [0.15, 0.2) is 0 Å². The quantitative estimate of drug-likeness (QED) is 0.340. The molecule has 0 N–H and O–H groups in total. The van der Waals surface area contributed by atoms with Crippen molar-refractivity contribution in [1.29, 1.82) is 0 Å². The van der Waals surface area contributed by atoms with E-state index in [9.17, 15) is 4.79 Å². The number of carbonyl (C=O) groups excluding carboxylic acids is 1. The summed E-state index contributed by atoms with van der Waals surface area (Å²) in [6.07, 6.45) is 7.08. The Kier molecular flexibility index (Phi) is 8.30. The van der Waals surface area contributed by atoms with Crippen molar-refractivity contribution in [3.8, 4) is 0 Å². The Balaban J connectivity index is 3.28. The minimum Gasteiger partial charge on any atom is -0.463 e. The molecule has 0 rings (SSSR count). The van der Waals surface area contributed by atoms with Crippen LogP contribution < -0.4 is 0 Å². The summed E-state index contributed by atoms with van der Waals surface area (Å²) in [7, 11) is 0. The van der Waals surface area contributed by atoms with E-state index in [-0.39, 0.29) is 5.97 Å². The second kappa shape index (κ2) is 8.79. The van der Waals surface area contributed by atoms with Crippen molar-refractivity contribution in [1.82, 2.24) is 0 Å². The molecule has 0 fully saturated rings. The summed E-state index contributed by atoms with van der Waals surface area (Å²) in [4.78, 5) is 10.7. The molecule has 0 aromatic heterocycles. The van der Waals surface area contributed by atoms with Crippen LogP contribution in [0.25, 0.3) is 0 Å². The number of carbonyl (C=O) groups is 1. The van der Waals surface area contributed by atoms with Gasteiger partial charge in [0.05, 0.1) is 6.61 Å². The first kappa shape index (κ1) is 13.2. The first-order valence-corrected chi connectivity index (χ1v) is 5.53. The molecule has 0 unspecified atom stereocenters. The summed E-state index contributed by atoms with van der Waals surface area (Å²) in [6, 6.07) is 0. The largest absolute Gasteiger partial charge is 0.463 e. The van der Waals surface area contributed by atoms with Crippen LogP contribution in [0, 0.1) is 5.92 Å². The van der Waals surface area contributed by atoms with Crippen molar-refractivity contribution in [2.45, 2.75) is 46.0 Å². The maximum atomic E-state index is 10.7. The monoisotopic (exact) mass is 198 g/mol. The molecule has 0 saturated heterocycles. The van der Waals surface area contributed by atoms with E-state index in [1.54, 1.807) is 0 Å². The zero-order valence-corrected chi connectivity index (χ0v) is 9.42. The molecule has 0 saturated carbocycles. The minimum absolute atomic E-state index is 0.312. The summed E-state index contributed by atoms with van der Waals surface area (Å²) in [5.74, 6) is 0.526. The molecule has 0 aliphatic rings. The van der Waals surface area contributed by atoms with Gasteiger partial charge in [-0.3, -0.25) is 0 Å². The average molecular weight is 198 g/mol. The van der Waals surface area contributed by atoms with E-state index in [1.807, 2.05) is 0 Å². The molecule has 14 heavy (non-hydrogen) atoms. The standard InChI is InChI=1S/C12H22O2/c1-4-11(5-2)9-7-8-10-14-12(13)6-3/h6,11H,3-5,7-10H2,1-2H3. The summed E-state index contributed by atoms with van der Waals surface area (Å²) < 4.78 is 4.88. The molecule has 2 nitrogen and oxygen atoms in total. The van der Waals surface area contributed by atoms with Gasteiger partial charge < -0.3 is 4.74 Å². The van der Waals surface area contributed by atoms with Crippen LogP contribution in [-0.4, -0.2) is 12.6 Å². The molecular weight excluding hydrogens is 176 g/mol. The van der Waals surface area contributed by atoms with Crippen molar-refractivity contribution in [2.24, 2.45) is 5.92 Å². The van der Waals surface area contributed by atoms with Gasteiger partial charge in [-0.2, -0.15) is 0 Å². The number of hydrogen-bond donors (Lipinski definition) is 0. The second-order valence-electron chi connectivity index (χ2n) is 3.55. The van der Waals surface area contributed by atoms with E-state index in [2.05, 4.69) is 20.4 Å². The Morgan fingerprint density at radius 2 is 2.00 bits per heavy atom. The molecule has 0 atom stereocenters. The third kappa shape index (κ3) is 6.70. The SMILES string of the molecule is C=CC(=O)OCCCCC(CC)CC. The van der Waals surface area contributed by atoms with Gasteiger partial charge in [-0.05, 0) is 18.8 Å². The molecule has 0 aliphatic carbocycles. The molecule has 82 valence electrons. The van der Waals surface area contributed by atoms with Gasteiger partial charge >= 0.3 is 5.97 Å². The van der Waals surface area contributed by atoms with Crippen molar-refractivity contribution >= 4 is 5.97 Å². The maximum Gasteiger partial charge on any atom is 0.330 e. The van der Waals surface area contributed by atoms with E-state index in [0.29, 0.717) is 6.61 Å². The number of ether oxygens (including phenoxy) is 1. The highest BCUT2D eigenvalue weighted by atomic mass is 16.5. The summed E-state index contributed by atoms with van der Waals surface area (Å²) >= 11 is 0. The molecule has 0 aliphatic heterocycles. The Morgan fingerprint density at radius 3 is 2.50 bits per heavy atom. The molecular formula is C12H22O2. The molecule has 0 bridgehead atoms. The van der Waals surface area contributed by atoms with E-state index >= 15 is 0 Å². The fourth-order valence-electron chi connectivity index (χ4n) is 1.46. The fraction of sp³-hybridized carbons (Fsp3) is 0.750. The molecule has 0 amide bonds. The highest BCUT2D eigenvalue weighted by Crippen LogP contribution is 2.15. The Bertz CT molecular complexity index is 160. The predicted molar refractivity (Wildman–Crippen MR) is 59.1 cm³/mol. The average Bonchev–Trinajstić information content (AvgIpc) is 2.23. The van der Waals surface area contributed by atoms with Gasteiger partial charge in [-0.25, -0.2) is 4.79 Å². The van der Waals surface area contributed by atoms with Crippen LogP contribution in [-0.2, 0) is 9.53 Å².